The van der Waals surface area contributed by atoms with Gasteiger partial charge in [0.15, 0.2) is 31.3 Å². The lowest BCUT2D eigenvalue weighted by Gasteiger charge is -2.17. The molecule has 2 heterocycles. The molecule has 17 aromatic rings. The third-order valence-corrected chi connectivity index (χ3v) is 21.8. The van der Waals surface area contributed by atoms with Crippen LogP contribution >= 0.6 is 0 Å². The van der Waals surface area contributed by atoms with Crippen molar-refractivity contribution in [3.05, 3.63) is 503 Å². The average Bonchev–Trinajstić information content (AvgIpc) is 0.815. The first-order valence-electron chi connectivity index (χ1n) is 44.7. The van der Waals surface area contributed by atoms with Crippen LogP contribution in [-0.2, 0) is 106 Å². The van der Waals surface area contributed by atoms with Crippen LogP contribution in [0.1, 0.15) is 90.4 Å². The molecule has 0 atom stereocenters. The number of rotatable bonds is 46. The quantitative estimate of drug-likeness (QED) is 0.0335. The third kappa shape index (κ3) is 27.9. The van der Waals surface area contributed by atoms with Gasteiger partial charge in [-0.1, -0.05) is 243 Å². The fourth-order valence-electron chi connectivity index (χ4n) is 14.9. The number of aromatic nitrogens is 2. The van der Waals surface area contributed by atoms with Crippen LogP contribution in [0, 0.1) is 0 Å². The first-order chi connectivity index (χ1) is 65.6. The van der Waals surface area contributed by atoms with E-state index < -0.39 is 0 Å². The fourth-order valence-corrected chi connectivity index (χ4v) is 14.9. The Morgan fingerprint density at radius 1 is 0.143 bits per heavy atom. The molecular formula is C117H104N2O14+2. The molecule has 0 aliphatic carbocycles. The Morgan fingerprint density at radius 3 is 0.429 bits per heavy atom. The van der Waals surface area contributed by atoms with Gasteiger partial charge in [-0.25, -0.2) is 9.13 Å². The zero-order chi connectivity index (χ0) is 90.1. The Morgan fingerprint density at radius 2 is 0.278 bits per heavy atom. The Hall–Kier alpha value is -16.2. The second-order valence-corrected chi connectivity index (χ2v) is 32.3. The summed E-state index contributed by atoms with van der Waals surface area (Å²) in [5.41, 5.74) is 16.3. The van der Waals surface area contributed by atoms with Crippen LogP contribution in [0.15, 0.2) is 419 Å². The van der Waals surface area contributed by atoms with Crippen LogP contribution < -0.4 is 75.5 Å². The molecular weight excluding hydrogens is 1660 g/mol. The lowest BCUT2D eigenvalue weighted by molar-refractivity contribution is -0.693. The number of aryl methyl sites for hydroxylation is 1. The van der Waals surface area contributed by atoms with Crippen LogP contribution in [0.2, 0.25) is 0 Å². The Labute approximate surface area is 777 Å². The molecule has 0 radical (unpaired) electrons. The molecule has 17 rings (SSSR count). The van der Waals surface area contributed by atoms with E-state index in [1.54, 1.807) is 0 Å². The minimum Gasteiger partial charge on any atom is -0.489 e. The van der Waals surface area contributed by atoms with E-state index in [0.717, 1.165) is 101 Å². The van der Waals surface area contributed by atoms with Gasteiger partial charge in [0.05, 0.1) is 0 Å². The molecule has 15 aromatic carbocycles. The highest BCUT2D eigenvalue weighted by molar-refractivity contribution is 5.61. The maximum absolute atomic E-state index is 7.04. The summed E-state index contributed by atoms with van der Waals surface area (Å²) in [6.07, 6.45) is 8.41. The van der Waals surface area contributed by atoms with Gasteiger partial charge in [0.1, 0.15) is 180 Å². The van der Waals surface area contributed by atoms with Gasteiger partial charge in [-0.05, 0) is 181 Å². The van der Waals surface area contributed by atoms with E-state index in [2.05, 4.69) is 77.2 Å². The van der Waals surface area contributed by atoms with Crippen molar-refractivity contribution in [2.45, 2.75) is 113 Å². The summed E-state index contributed by atoms with van der Waals surface area (Å²) in [6, 6.07) is 131. The Balaban J connectivity index is 0.686. The molecule has 2 aromatic heterocycles. The number of benzene rings is 15. The lowest BCUT2D eigenvalue weighted by Crippen LogP contribution is -2.33. The highest BCUT2D eigenvalue weighted by atomic mass is 16.5. The monoisotopic (exact) mass is 1760 g/mol. The molecule has 0 N–H and O–H groups in total. The zero-order valence-electron chi connectivity index (χ0n) is 74.3. The van der Waals surface area contributed by atoms with Gasteiger partial charge in [0.25, 0.3) is 0 Å². The highest BCUT2D eigenvalue weighted by Gasteiger charge is 2.19. The van der Waals surface area contributed by atoms with E-state index in [1.165, 1.54) is 0 Å². The minimum atomic E-state index is 0.0967. The van der Waals surface area contributed by atoms with Crippen molar-refractivity contribution >= 4 is 0 Å². The van der Waals surface area contributed by atoms with Crippen molar-refractivity contribution in [2.75, 3.05) is 0 Å². The minimum absolute atomic E-state index is 0.0967. The number of hydrogen-bond donors (Lipinski definition) is 0. The van der Waals surface area contributed by atoms with Gasteiger partial charge < -0.3 is 66.3 Å². The van der Waals surface area contributed by atoms with Gasteiger partial charge >= 0.3 is 0 Å². The molecule has 0 aliphatic rings. The van der Waals surface area contributed by atoms with E-state index in [4.69, 9.17) is 66.3 Å². The summed E-state index contributed by atoms with van der Waals surface area (Å²) in [5, 5.41) is 0. The summed E-state index contributed by atoms with van der Waals surface area (Å²) in [6.45, 7) is 7.21. The normalized spacial score (nSPS) is 10.9. The average molecular weight is 1760 g/mol. The molecule has 0 aliphatic heterocycles. The highest BCUT2D eigenvalue weighted by Crippen LogP contribution is 2.36. The fraction of sp³-hybridized carbons (Fsp3) is 0.145. The van der Waals surface area contributed by atoms with E-state index in [1.807, 2.05) is 358 Å². The third-order valence-electron chi connectivity index (χ3n) is 21.8. The van der Waals surface area contributed by atoms with Gasteiger partial charge in [0, 0.05) is 72.3 Å². The summed E-state index contributed by atoms with van der Waals surface area (Å²) in [5.74, 6) is 8.37. The first-order valence-corrected chi connectivity index (χ1v) is 44.7. The van der Waals surface area contributed by atoms with E-state index in [9.17, 15) is 0 Å². The zero-order valence-corrected chi connectivity index (χ0v) is 74.3. The molecule has 0 saturated carbocycles. The van der Waals surface area contributed by atoms with Crippen LogP contribution in [0.3, 0.4) is 0 Å². The van der Waals surface area contributed by atoms with Crippen LogP contribution in [0.5, 0.6) is 80.5 Å². The standard InChI is InChI=1S/C117H104N2O14/c1-2-118-47-43-102(44-48-118)103-45-49-119(50-46-103)72-95-51-104(128-81-100-61-114(130-83-96-53-106(120-73-87-27-11-3-12-28-87)66-107(54-96)121-74-88-29-13-4-14-30-88)70-115(62-100)131-84-97-55-108(122-75-89-31-15-5-16-32-89)67-109(56-97)123-76-90-33-17-6-18-34-90)65-105(52-95)129-82-101-63-116(132-85-98-57-110(124-77-91-35-19-7-20-36-91)68-111(58-98)125-78-92-37-21-8-22-38-92)71-117(64-101)133-86-99-59-112(126-79-93-39-23-9-24-40-93)69-113(60-99)127-80-94-41-25-10-26-42-94/h3-71H,2,72-86H2,1H3/q+2. The van der Waals surface area contributed by atoms with Gasteiger partial charge in [-0.3, -0.25) is 0 Å². The second kappa shape index (κ2) is 46.2. The molecule has 0 spiro atoms. The summed E-state index contributed by atoms with van der Waals surface area (Å²) < 4.78 is 97.7. The van der Waals surface area contributed by atoms with Crippen molar-refractivity contribution in [3.63, 3.8) is 0 Å². The second-order valence-electron chi connectivity index (χ2n) is 32.3. The molecule has 16 nitrogen and oxygen atoms in total. The summed E-state index contributed by atoms with van der Waals surface area (Å²) >= 11 is 0. The van der Waals surface area contributed by atoms with Crippen molar-refractivity contribution in [3.8, 4) is 91.6 Å². The van der Waals surface area contributed by atoms with Crippen LogP contribution in [0.4, 0.5) is 0 Å². The number of ether oxygens (including phenoxy) is 14. The number of pyridine rings is 2. The van der Waals surface area contributed by atoms with Crippen molar-refractivity contribution in [1.29, 1.82) is 0 Å². The van der Waals surface area contributed by atoms with E-state index in [0.29, 0.717) is 140 Å². The molecule has 0 amide bonds. The van der Waals surface area contributed by atoms with Crippen molar-refractivity contribution in [1.82, 2.24) is 0 Å². The lowest BCUT2D eigenvalue weighted by atomic mass is 10.1. The predicted molar refractivity (Wildman–Crippen MR) is 514 cm³/mol. The van der Waals surface area contributed by atoms with Gasteiger partial charge in [-0.15, -0.1) is 0 Å². The van der Waals surface area contributed by atoms with Gasteiger partial charge in [-0.2, -0.15) is 0 Å². The smallest absolute Gasteiger partial charge is 0.174 e. The molecule has 16 heteroatoms. The molecule has 0 unspecified atom stereocenters. The molecule has 133 heavy (non-hydrogen) atoms. The van der Waals surface area contributed by atoms with E-state index in [-0.39, 0.29) is 39.6 Å². The first kappa shape index (κ1) is 88.8. The molecule has 0 bridgehead atoms. The topological polar surface area (TPSA) is 137 Å². The predicted octanol–water partition coefficient (Wildman–Crippen LogP) is 25.1. The Bertz CT molecular complexity index is 5600. The largest absolute Gasteiger partial charge is 0.489 e. The van der Waals surface area contributed by atoms with Crippen LogP contribution in [-0.4, -0.2) is 0 Å². The number of nitrogens with zero attached hydrogens (tertiary/aromatic N) is 2. The maximum Gasteiger partial charge on any atom is 0.174 e. The summed E-state index contributed by atoms with van der Waals surface area (Å²) in [7, 11) is 0. The summed E-state index contributed by atoms with van der Waals surface area (Å²) in [4.78, 5) is 0. The Kier molecular flexibility index (Phi) is 30.8. The van der Waals surface area contributed by atoms with E-state index >= 15 is 0 Å². The number of hydrogen-bond acceptors (Lipinski definition) is 14. The van der Waals surface area contributed by atoms with Gasteiger partial charge in [0.2, 0.25) is 0 Å². The van der Waals surface area contributed by atoms with Crippen molar-refractivity contribution < 1.29 is 75.5 Å². The maximum atomic E-state index is 7.04. The molecule has 664 valence electrons. The van der Waals surface area contributed by atoms with Crippen LogP contribution in [0.25, 0.3) is 11.1 Å². The molecule has 0 fully saturated rings. The molecule has 0 saturated heterocycles. The van der Waals surface area contributed by atoms with Crippen molar-refractivity contribution in [2.24, 2.45) is 0 Å². The SMILES string of the molecule is CC[n+]1ccc(-c2cc[n+](Cc3cc(OCc4cc(OCc5cc(OCc6ccccc6)cc(OCc6ccccc6)c5)cc(OCc5cc(OCc6ccccc6)cc(OCc6ccccc6)c5)c4)cc(OCc4cc(OCc5cc(OCc6ccccc6)cc(OCc6ccccc6)c5)cc(OCc5cc(OCc6ccccc6)cc(OCc6ccccc6)c5)c4)c3)cc2)cc1.